The van der Waals surface area contributed by atoms with Crippen LogP contribution >= 0.6 is 23.2 Å². The number of likely N-dealkylation sites (N-methyl/N-ethyl adjacent to an activating group) is 1. The minimum absolute atomic E-state index is 0.385. The number of rotatable bonds is 3. The zero-order valence-electron chi connectivity index (χ0n) is 16.5. The third-order valence-corrected chi connectivity index (χ3v) is 5.40. The molecular formula is C23H18Cl2N4O2. The fourth-order valence-corrected chi connectivity index (χ4v) is 3.67. The van der Waals surface area contributed by atoms with Crippen molar-refractivity contribution in [2.24, 2.45) is 4.99 Å². The van der Waals surface area contributed by atoms with Gasteiger partial charge in [0.25, 0.3) is 5.91 Å². The quantitative estimate of drug-likeness (QED) is 0.589. The molecule has 0 bridgehead atoms. The van der Waals surface area contributed by atoms with Gasteiger partial charge >= 0.3 is 6.03 Å². The molecule has 31 heavy (non-hydrogen) atoms. The summed E-state index contributed by atoms with van der Waals surface area (Å²) in [7, 11) is 1.64. The highest BCUT2D eigenvalue weighted by Crippen LogP contribution is 2.30. The van der Waals surface area contributed by atoms with Gasteiger partial charge in [-0.3, -0.25) is 4.79 Å². The summed E-state index contributed by atoms with van der Waals surface area (Å²) in [6, 6.07) is 20.9. The molecule has 1 unspecified atom stereocenters. The topological polar surface area (TPSA) is 73.8 Å². The van der Waals surface area contributed by atoms with Crippen molar-refractivity contribution in [3.63, 3.8) is 0 Å². The van der Waals surface area contributed by atoms with Crippen LogP contribution < -0.4 is 15.5 Å². The van der Waals surface area contributed by atoms with Crippen LogP contribution in [0.1, 0.15) is 11.1 Å². The van der Waals surface area contributed by atoms with Crippen LogP contribution in [-0.4, -0.2) is 30.9 Å². The summed E-state index contributed by atoms with van der Waals surface area (Å²) in [4.78, 5) is 31.9. The molecule has 6 nitrogen and oxygen atoms in total. The molecule has 0 radical (unpaired) electrons. The maximum absolute atomic E-state index is 13.1. The molecule has 3 aromatic rings. The van der Waals surface area contributed by atoms with Crippen molar-refractivity contribution in [1.82, 2.24) is 5.32 Å². The van der Waals surface area contributed by atoms with E-state index in [0.717, 1.165) is 5.56 Å². The molecule has 0 spiro atoms. The molecule has 1 atom stereocenters. The molecular weight excluding hydrogens is 435 g/mol. The number of nitrogens with zero attached hydrogens (tertiary/aromatic N) is 2. The number of para-hydroxylation sites is 1. The molecule has 1 aliphatic rings. The predicted octanol–water partition coefficient (Wildman–Crippen LogP) is 4.96. The zero-order valence-corrected chi connectivity index (χ0v) is 18.0. The Bertz CT molecular complexity index is 1180. The molecule has 3 aromatic carbocycles. The van der Waals surface area contributed by atoms with Gasteiger partial charge in [0.15, 0.2) is 0 Å². The number of carbonyl (C=O) groups excluding carboxylic acids is 2. The highest BCUT2D eigenvalue weighted by atomic mass is 35.5. The van der Waals surface area contributed by atoms with Crippen LogP contribution in [0.3, 0.4) is 0 Å². The number of aliphatic imine (C=N–C) groups is 1. The molecule has 2 N–H and O–H groups in total. The van der Waals surface area contributed by atoms with Crippen LogP contribution in [0.5, 0.6) is 0 Å². The maximum atomic E-state index is 13.1. The average molecular weight is 453 g/mol. The second-order valence-electron chi connectivity index (χ2n) is 6.88. The maximum Gasteiger partial charge on any atom is 0.321 e. The van der Waals surface area contributed by atoms with Gasteiger partial charge in [0.2, 0.25) is 6.17 Å². The third kappa shape index (κ3) is 4.40. The summed E-state index contributed by atoms with van der Waals surface area (Å²) in [6.45, 7) is 0. The van der Waals surface area contributed by atoms with Crippen molar-refractivity contribution < 1.29 is 9.59 Å². The monoisotopic (exact) mass is 452 g/mol. The largest absolute Gasteiger partial charge is 0.321 e. The van der Waals surface area contributed by atoms with E-state index in [1.54, 1.807) is 49.5 Å². The minimum atomic E-state index is -1.14. The fraction of sp³-hybridized carbons (Fsp3) is 0.0870. The molecule has 0 saturated heterocycles. The van der Waals surface area contributed by atoms with Crippen molar-refractivity contribution in [3.8, 4) is 0 Å². The summed E-state index contributed by atoms with van der Waals surface area (Å²) < 4.78 is 0. The van der Waals surface area contributed by atoms with E-state index in [1.165, 1.54) is 4.90 Å². The van der Waals surface area contributed by atoms with Gasteiger partial charge in [0.05, 0.1) is 22.1 Å². The Labute approximate surface area is 189 Å². The van der Waals surface area contributed by atoms with Crippen molar-refractivity contribution >= 4 is 52.2 Å². The van der Waals surface area contributed by atoms with Crippen LogP contribution in [0, 0.1) is 0 Å². The lowest BCUT2D eigenvalue weighted by Gasteiger charge is -2.21. The Kier molecular flexibility index (Phi) is 5.93. The van der Waals surface area contributed by atoms with Gasteiger partial charge in [-0.2, -0.15) is 0 Å². The van der Waals surface area contributed by atoms with Crippen molar-refractivity contribution in [1.29, 1.82) is 0 Å². The first kappa shape index (κ1) is 20.9. The number of anilines is 2. The number of nitrogens with one attached hydrogen (secondary N) is 2. The van der Waals surface area contributed by atoms with E-state index in [9.17, 15) is 9.59 Å². The minimum Gasteiger partial charge on any atom is -0.311 e. The lowest BCUT2D eigenvalue weighted by molar-refractivity contribution is -0.119. The van der Waals surface area contributed by atoms with Crippen molar-refractivity contribution in [2.75, 3.05) is 17.3 Å². The zero-order chi connectivity index (χ0) is 22.0. The van der Waals surface area contributed by atoms with Gasteiger partial charge in [-0.15, -0.1) is 0 Å². The van der Waals surface area contributed by atoms with E-state index in [1.807, 2.05) is 30.3 Å². The van der Waals surface area contributed by atoms with Gasteiger partial charge in [0.1, 0.15) is 0 Å². The Hall–Kier alpha value is -3.35. The van der Waals surface area contributed by atoms with Crippen molar-refractivity contribution in [3.05, 3.63) is 94.0 Å². The number of hydrogen-bond acceptors (Lipinski definition) is 3. The van der Waals surface area contributed by atoms with Gasteiger partial charge in [-0.25, -0.2) is 9.79 Å². The molecule has 1 heterocycles. The number of carbonyl (C=O) groups is 2. The second-order valence-corrected chi connectivity index (χ2v) is 7.73. The van der Waals surface area contributed by atoms with E-state index >= 15 is 0 Å². The Morgan fingerprint density at radius 3 is 2.45 bits per heavy atom. The molecule has 8 heteroatoms. The fourth-order valence-electron chi connectivity index (χ4n) is 3.31. The van der Waals surface area contributed by atoms with E-state index in [0.29, 0.717) is 32.7 Å². The van der Waals surface area contributed by atoms with Gasteiger partial charge in [0, 0.05) is 23.2 Å². The summed E-state index contributed by atoms with van der Waals surface area (Å²) >= 11 is 12.4. The third-order valence-electron chi connectivity index (χ3n) is 4.83. The molecule has 156 valence electrons. The summed E-state index contributed by atoms with van der Waals surface area (Å²) in [5.41, 5.74) is 3.13. The van der Waals surface area contributed by atoms with Crippen LogP contribution in [0.15, 0.2) is 77.8 Å². The number of benzene rings is 3. The van der Waals surface area contributed by atoms with E-state index < -0.39 is 12.2 Å². The molecule has 0 saturated carbocycles. The molecule has 1 aliphatic heterocycles. The van der Waals surface area contributed by atoms with E-state index in [4.69, 9.17) is 23.2 Å². The van der Waals surface area contributed by atoms with Crippen LogP contribution in [0.4, 0.5) is 16.2 Å². The lowest BCUT2D eigenvalue weighted by atomic mass is 10.0. The molecule has 3 amide bonds. The number of benzodiazepines with no additional fused rings is 1. The number of halogens is 2. The summed E-state index contributed by atoms with van der Waals surface area (Å²) in [5, 5.41) is 6.20. The predicted molar refractivity (Wildman–Crippen MR) is 124 cm³/mol. The van der Waals surface area contributed by atoms with E-state index in [2.05, 4.69) is 15.6 Å². The SMILES string of the molecule is CN1C(=O)C(NC(=O)Nc2ccccc2Cl)N=C(c2ccccc2)c2cc(Cl)ccc21. The summed E-state index contributed by atoms with van der Waals surface area (Å²) in [5.74, 6) is -0.385. The number of hydrogen-bond donors (Lipinski definition) is 2. The molecule has 4 rings (SSSR count). The number of amides is 3. The van der Waals surface area contributed by atoms with Crippen molar-refractivity contribution in [2.45, 2.75) is 6.17 Å². The Morgan fingerprint density at radius 2 is 1.71 bits per heavy atom. The van der Waals surface area contributed by atoms with E-state index in [-0.39, 0.29) is 5.91 Å². The molecule has 0 aromatic heterocycles. The summed E-state index contributed by atoms with van der Waals surface area (Å²) in [6.07, 6.45) is -1.14. The highest BCUT2D eigenvalue weighted by molar-refractivity contribution is 6.33. The van der Waals surface area contributed by atoms with Gasteiger partial charge in [-0.05, 0) is 30.3 Å². The molecule has 0 fully saturated rings. The normalized spacial score (nSPS) is 15.6. The Balaban J connectivity index is 1.72. The van der Waals surface area contributed by atoms with Gasteiger partial charge < -0.3 is 15.5 Å². The smallest absolute Gasteiger partial charge is 0.311 e. The number of fused-ring (bicyclic) bond motifs is 1. The average Bonchev–Trinajstić information content (AvgIpc) is 2.86. The standard InChI is InChI=1S/C23H18Cl2N4O2/c1-29-19-12-11-15(24)13-16(19)20(14-7-3-2-4-8-14)27-21(22(29)30)28-23(31)26-18-10-6-5-9-17(18)25/h2-13,21H,1H3,(H2,26,28,31). The number of urea groups is 1. The Morgan fingerprint density at radius 1 is 1.00 bits per heavy atom. The lowest BCUT2D eigenvalue weighted by Crippen LogP contribution is -2.47. The van der Waals surface area contributed by atoms with Crippen LogP contribution in [0.2, 0.25) is 10.0 Å². The van der Waals surface area contributed by atoms with Crippen LogP contribution in [-0.2, 0) is 4.79 Å². The van der Waals surface area contributed by atoms with Gasteiger partial charge in [-0.1, -0.05) is 65.7 Å². The van der Waals surface area contributed by atoms with Crippen LogP contribution in [0.25, 0.3) is 0 Å². The first-order valence-electron chi connectivity index (χ1n) is 9.47. The first-order valence-corrected chi connectivity index (χ1v) is 10.2. The molecule has 0 aliphatic carbocycles. The highest BCUT2D eigenvalue weighted by Gasteiger charge is 2.31. The second kappa shape index (κ2) is 8.79. The first-order chi connectivity index (χ1) is 14.9.